The van der Waals surface area contributed by atoms with E-state index in [1.54, 1.807) is 0 Å². The van der Waals surface area contributed by atoms with E-state index in [1.165, 1.54) is 6.07 Å². The zero-order valence-electron chi connectivity index (χ0n) is 9.65. The Balaban J connectivity index is 1.66. The molecule has 3 N–H and O–H groups in total. The van der Waals surface area contributed by atoms with E-state index in [2.05, 4.69) is 15.3 Å². The fraction of sp³-hybridized carbons (Fsp3) is 0.667. The molecule has 0 radical (unpaired) electrons. The van der Waals surface area contributed by atoms with E-state index in [0.29, 0.717) is 24.2 Å². The fourth-order valence-corrected chi connectivity index (χ4v) is 1.97. The predicted molar refractivity (Wildman–Crippen MR) is 64.1 cm³/mol. The average molecular weight is 235 g/mol. The van der Waals surface area contributed by atoms with Gasteiger partial charge in [0.05, 0.1) is 6.10 Å². The van der Waals surface area contributed by atoms with Gasteiger partial charge in [-0.2, -0.15) is 0 Å². The van der Waals surface area contributed by atoms with Crippen molar-refractivity contribution in [3.05, 3.63) is 22.2 Å². The topological polar surface area (TPSA) is 78.0 Å². The van der Waals surface area contributed by atoms with Crippen LogP contribution < -0.4 is 10.9 Å². The molecule has 0 spiro atoms. The van der Waals surface area contributed by atoms with Crippen molar-refractivity contribution in [2.45, 2.75) is 37.7 Å². The largest absolute Gasteiger partial charge is 0.391 e. The SMILES string of the molecule is O=c1cc(NCC(O)C2CC2)nc(C2CC2)[nH]1. The summed E-state index contributed by atoms with van der Waals surface area (Å²) in [6.45, 7) is 0.477. The Morgan fingerprint density at radius 1 is 1.47 bits per heavy atom. The molecule has 0 aromatic carbocycles. The van der Waals surface area contributed by atoms with Gasteiger partial charge in [0, 0.05) is 18.5 Å². The Morgan fingerprint density at radius 3 is 2.88 bits per heavy atom. The van der Waals surface area contributed by atoms with Crippen LogP contribution in [0.1, 0.15) is 37.4 Å². The number of hydrogen-bond acceptors (Lipinski definition) is 4. The van der Waals surface area contributed by atoms with Crippen LogP contribution in [0.15, 0.2) is 10.9 Å². The Hall–Kier alpha value is -1.36. The van der Waals surface area contributed by atoms with Crippen molar-refractivity contribution in [1.29, 1.82) is 0 Å². The van der Waals surface area contributed by atoms with E-state index >= 15 is 0 Å². The number of hydrogen-bond donors (Lipinski definition) is 3. The van der Waals surface area contributed by atoms with Crippen LogP contribution in [0.5, 0.6) is 0 Å². The summed E-state index contributed by atoms with van der Waals surface area (Å²) >= 11 is 0. The van der Waals surface area contributed by atoms with Crippen LogP contribution in [-0.4, -0.2) is 27.7 Å². The third-order valence-electron chi connectivity index (χ3n) is 3.38. The zero-order valence-corrected chi connectivity index (χ0v) is 9.65. The molecule has 2 aliphatic rings. The molecule has 1 aromatic heterocycles. The Kier molecular flexibility index (Phi) is 2.63. The number of nitrogens with one attached hydrogen (secondary N) is 2. The molecule has 1 atom stereocenters. The molecule has 5 nitrogen and oxygen atoms in total. The molecule has 1 aromatic rings. The van der Waals surface area contributed by atoms with Crippen molar-refractivity contribution < 1.29 is 5.11 Å². The number of aromatic amines is 1. The van der Waals surface area contributed by atoms with Crippen LogP contribution >= 0.6 is 0 Å². The summed E-state index contributed by atoms with van der Waals surface area (Å²) in [5.74, 6) is 2.22. The second kappa shape index (κ2) is 4.14. The van der Waals surface area contributed by atoms with Crippen LogP contribution in [0.25, 0.3) is 0 Å². The lowest BCUT2D eigenvalue weighted by Gasteiger charge is -2.11. The highest BCUT2D eigenvalue weighted by molar-refractivity contribution is 5.34. The lowest BCUT2D eigenvalue weighted by molar-refractivity contribution is 0.164. The summed E-state index contributed by atoms with van der Waals surface area (Å²) < 4.78 is 0. The molecule has 1 unspecified atom stereocenters. The predicted octanol–water partition coefficient (Wildman–Crippen LogP) is 0.830. The van der Waals surface area contributed by atoms with Crippen molar-refractivity contribution >= 4 is 5.82 Å². The van der Waals surface area contributed by atoms with Crippen LogP contribution in [0.3, 0.4) is 0 Å². The van der Waals surface area contributed by atoms with Gasteiger partial charge in [0.25, 0.3) is 5.56 Å². The Morgan fingerprint density at radius 2 is 2.24 bits per heavy atom. The monoisotopic (exact) mass is 235 g/mol. The molecule has 0 aliphatic heterocycles. The first-order valence-electron chi connectivity index (χ1n) is 6.25. The zero-order chi connectivity index (χ0) is 11.8. The molecule has 3 rings (SSSR count). The molecule has 0 bridgehead atoms. The molecular formula is C12H17N3O2. The molecule has 2 aliphatic carbocycles. The summed E-state index contributed by atoms with van der Waals surface area (Å²) in [7, 11) is 0. The quantitative estimate of drug-likeness (QED) is 0.706. The first-order chi connectivity index (χ1) is 8.22. The maximum Gasteiger partial charge on any atom is 0.252 e. The van der Waals surface area contributed by atoms with E-state index in [9.17, 15) is 9.90 Å². The third-order valence-corrected chi connectivity index (χ3v) is 3.38. The van der Waals surface area contributed by atoms with Gasteiger partial charge in [-0.1, -0.05) is 0 Å². The van der Waals surface area contributed by atoms with Crippen molar-refractivity contribution in [3.63, 3.8) is 0 Å². The van der Waals surface area contributed by atoms with E-state index in [-0.39, 0.29) is 11.7 Å². The summed E-state index contributed by atoms with van der Waals surface area (Å²) in [4.78, 5) is 18.6. The lowest BCUT2D eigenvalue weighted by atomic mass is 10.2. The molecule has 2 fully saturated rings. The molecular weight excluding hydrogens is 218 g/mol. The molecule has 0 amide bonds. The van der Waals surface area contributed by atoms with Crippen LogP contribution in [0.2, 0.25) is 0 Å². The third kappa shape index (κ3) is 2.66. The molecule has 17 heavy (non-hydrogen) atoms. The minimum Gasteiger partial charge on any atom is -0.391 e. The van der Waals surface area contributed by atoms with Gasteiger partial charge in [-0.3, -0.25) is 4.79 Å². The van der Waals surface area contributed by atoms with E-state index in [4.69, 9.17) is 0 Å². The van der Waals surface area contributed by atoms with Crippen molar-refractivity contribution in [1.82, 2.24) is 9.97 Å². The molecule has 1 heterocycles. The van der Waals surface area contributed by atoms with Gasteiger partial charge >= 0.3 is 0 Å². The van der Waals surface area contributed by atoms with Gasteiger partial charge in [-0.05, 0) is 31.6 Å². The van der Waals surface area contributed by atoms with E-state index in [1.807, 2.05) is 0 Å². The highest BCUT2D eigenvalue weighted by atomic mass is 16.3. The highest BCUT2D eigenvalue weighted by Gasteiger charge is 2.30. The van der Waals surface area contributed by atoms with Gasteiger partial charge < -0.3 is 15.4 Å². The summed E-state index contributed by atoms with van der Waals surface area (Å²) in [5, 5.41) is 12.8. The van der Waals surface area contributed by atoms with Crippen LogP contribution in [0, 0.1) is 5.92 Å². The molecule has 2 saturated carbocycles. The van der Waals surface area contributed by atoms with Crippen molar-refractivity contribution in [2.24, 2.45) is 5.92 Å². The summed E-state index contributed by atoms with van der Waals surface area (Å²) in [6, 6.07) is 1.45. The maximum absolute atomic E-state index is 11.4. The lowest BCUT2D eigenvalue weighted by Crippen LogP contribution is -2.23. The van der Waals surface area contributed by atoms with Crippen molar-refractivity contribution in [2.75, 3.05) is 11.9 Å². The van der Waals surface area contributed by atoms with Gasteiger partial charge in [0.2, 0.25) is 0 Å². The van der Waals surface area contributed by atoms with Gasteiger partial charge in [-0.15, -0.1) is 0 Å². The first-order valence-corrected chi connectivity index (χ1v) is 6.25. The maximum atomic E-state index is 11.4. The second-order valence-corrected chi connectivity index (χ2v) is 5.08. The van der Waals surface area contributed by atoms with Crippen LogP contribution in [-0.2, 0) is 0 Å². The number of anilines is 1. The van der Waals surface area contributed by atoms with Gasteiger partial charge in [0.15, 0.2) is 0 Å². The molecule has 5 heteroatoms. The minimum absolute atomic E-state index is 0.120. The average Bonchev–Trinajstić information content (AvgIpc) is 3.19. The van der Waals surface area contributed by atoms with E-state index < -0.39 is 0 Å². The second-order valence-electron chi connectivity index (χ2n) is 5.08. The van der Waals surface area contributed by atoms with Crippen molar-refractivity contribution in [3.8, 4) is 0 Å². The molecule has 92 valence electrons. The number of aliphatic hydroxyl groups is 1. The first kappa shape index (κ1) is 10.8. The number of rotatable bonds is 5. The van der Waals surface area contributed by atoms with E-state index in [0.717, 1.165) is 31.5 Å². The summed E-state index contributed by atoms with van der Waals surface area (Å²) in [6.07, 6.45) is 4.12. The standard InChI is InChI=1S/C12H17N3O2/c16-9(7-1-2-7)6-13-10-5-11(17)15-12(14-10)8-3-4-8/h5,7-9,16H,1-4,6H2,(H2,13,14,15,17). The number of aromatic nitrogens is 2. The normalized spacial score (nSPS) is 21.2. The smallest absolute Gasteiger partial charge is 0.252 e. The fourth-order valence-electron chi connectivity index (χ4n) is 1.97. The minimum atomic E-state index is -0.319. The number of H-pyrrole nitrogens is 1. The number of nitrogens with zero attached hydrogens (tertiary/aromatic N) is 1. The highest BCUT2D eigenvalue weighted by Crippen LogP contribution is 2.37. The molecule has 0 saturated heterocycles. The van der Waals surface area contributed by atoms with Gasteiger partial charge in [-0.25, -0.2) is 4.98 Å². The Labute approximate surface area is 99.3 Å². The Bertz CT molecular complexity index is 463. The van der Waals surface area contributed by atoms with Crippen LogP contribution in [0.4, 0.5) is 5.82 Å². The summed E-state index contributed by atoms with van der Waals surface area (Å²) in [5.41, 5.74) is -0.120. The van der Waals surface area contributed by atoms with Gasteiger partial charge in [0.1, 0.15) is 11.6 Å². The number of aliphatic hydroxyl groups excluding tert-OH is 1.